The van der Waals surface area contributed by atoms with E-state index in [-0.39, 0.29) is 19.5 Å². The molecule has 0 N–H and O–H groups in total. The first kappa shape index (κ1) is 15.2. The van der Waals surface area contributed by atoms with Gasteiger partial charge in [0, 0.05) is 5.39 Å². The van der Waals surface area contributed by atoms with Gasteiger partial charge in [0.2, 0.25) is 0 Å². The number of pyridine rings is 1. The number of ether oxygens (including phenoxy) is 1. The van der Waals surface area contributed by atoms with Crippen LogP contribution in [0, 0.1) is 11.6 Å². The molecule has 0 aliphatic carbocycles. The van der Waals surface area contributed by atoms with Gasteiger partial charge in [-0.2, -0.15) is 0 Å². The molecule has 1 heterocycles. The molecule has 0 fully saturated rings. The first-order valence-electron chi connectivity index (χ1n) is 7.11. The lowest BCUT2D eigenvalue weighted by molar-refractivity contribution is 0.106. The Hall–Kier alpha value is -2.76. The van der Waals surface area contributed by atoms with E-state index < -0.39 is 17.4 Å². The standard InChI is InChI=1S/C17H12BF2NO2/c19-12-5-3-6-13(20)16(12)23-10-18-17(22)15-9-8-11-4-1-2-7-14(11)21-15/h1-9,18H,10H2. The zero-order valence-electron chi connectivity index (χ0n) is 12.1. The van der Waals surface area contributed by atoms with Crippen molar-refractivity contribution in [3.8, 4) is 5.75 Å². The summed E-state index contributed by atoms with van der Waals surface area (Å²) in [5.41, 5.74) is 0.785. The number of nitrogens with zero attached hydrogens (tertiary/aromatic N) is 1. The molecule has 0 saturated heterocycles. The van der Waals surface area contributed by atoms with Gasteiger partial charge in [0.1, 0.15) is 5.68 Å². The van der Waals surface area contributed by atoms with E-state index >= 15 is 0 Å². The number of halogens is 2. The lowest BCUT2D eigenvalue weighted by Crippen LogP contribution is -2.19. The van der Waals surface area contributed by atoms with Crippen LogP contribution in [-0.2, 0) is 0 Å². The lowest BCUT2D eigenvalue weighted by atomic mass is 9.73. The van der Waals surface area contributed by atoms with E-state index in [0.29, 0.717) is 5.69 Å². The van der Waals surface area contributed by atoms with Crippen molar-refractivity contribution in [3.63, 3.8) is 0 Å². The molecule has 0 radical (unpaired) electrons. The van der Waals surface area contributed by atoms with Gasteiger partial charge in [-0.15, -0.1) is 0 Å². The van der Waals surface area contributed by atoms with Gasteiger partial charge < -0.3 is 9.53 Å². The van der Waals surface area contributed by atoms with Crippen molar-refractivity contribution >= 4 is 23.9 Å². The van der Waals surface area contributed by atoms with E-state index in [1.165, 1.54) is 6.07 Å². The molecule has 0 bridgehead atoms. The van der Waals surface area contributed by atoms with Gasteiger partial charge >= 0.3 is 0 Å². The first-order chi connectivity index (χ1) is 11.1. The highest BCUT2D eigenvalue weighted by atomic mass is 19.1. The summed E-state index contributed by atoms with van der Waals surface area (Å²) in [6, 6.07) is 14.4. The fourth-order valence-electron chi connectivity index (χ4n) is 2.22. The smallest absolute Gasteiger partial charge is 0.259 e. The van der Waals surface area contributed by atoms with Crippen LogP contribution in [-0.4, -0.2) is 24.5 Å². The summed E-state index contributed by atoms with van der Waals surface area (Å²) in [7, 11) is -0.0148. The summed E-state index contributed by atoms with van der Waals surface area (Å²) >= 11 is 0. The highest BCUT2D eigenvalue weighted by molar-refractivity contribution is 6.77. The Kier molecular flexibility index (Phi) is 4.32. The molecule has 0 unspecified atom stereocenters. The minimum absolute atomic E-state index is 0.0148. The molecule has 3 rings (SSSR count). The molecule has 0 atom stereocenters. The first-order valence-corrected chi connectivity index (χ1v) is 7.11. The maximum atomic E-state index is 13.4. The van der Waals surface area contributed by atoms with Gasteiger partial charge in [-0.25, -0.2) is 13.8 Å². The van der Waals surface area contributed by atoms with Crippen LogP contribution in [0.2, 0.25) is 0 Å². The predicted molar refractivity (Wildman–Crippen MR) is 85.1 cm³/mol. The monoisotopic (exact) mass is 311 g/mol. The van der Waals surface area contributed by atoms with Crippen molar-refractivity contribution in [1.29, 1.82) is 0 Å². The Balaban J connectivity index is 1.67. The van der Waals surface area contributed by atoms with Gasteiger partial charge in [0.25, 0.3) is 7.28 Å². The summed E-state index contributed by atoms with van der Waals surface area (Å²) in [5.74, 6) is -2.05. The molecule has 1 aromatic heterocycles. The van der Waals surface area contributed by atoms with Crippen LogP contribution in [0.3, 0.4) is 0 Å². The number of fused-ring (bicyclic) bond motifs is 1. The van der Waals surface area contributed by atoms with E-state index in [1.807, 2.05) is 30.3 Å². The maximum Gasteiger partial charge on any atom is 0.259 e. The topological polar surface area (TPSA) is 39.2 Å². The highest BCUT2D eigenvalue weighted by Gasteiger charge is 2.14. The Morgan fingerprint density at radius 3 is 2.52 bits per heavy atom. The normalized spacial score (nSPS) is 10.5. The van der Waals surface area contributed by atoms with Crippen molar-refractivity contribution in [1.82, 2.24) is 4.98 Å². The Bertz CT molecular complexity index is 850. The van der Waals surface area contributed by atoms with Crippen molar-refractivity contribution in [2.75, 3.05) is 6.51 Å². The van der Waals surface area contributed by atoms with E-state index in [4.69, 9.17) is 4.74 Å². The van der Waals surface area contributed by atoms with Crippen LogP contribution in [0.4, 0.5) is 8.78 Å². The Labute approximate surface area is 132 Å². The number of hydrogen-bond donors (Lipinski definition) is 0. The molecule has 23 heavy (non-hydrogen) atoms. The second kappa shape index (κ2) is 6.56. The summed E-state index contributed by atoms with van der Waals surface area (Å²) in [5, 5.41) is 0.939. The molecule has 114 valence electrons. The largest absolute Gasteiger partial charge is 0.496 e. The second-order valence-corrected chi connectivity index (χ2v) is 4.96. The van der Waals surface area contributed by atoms with Crippen molar-refractivity contribution in [3.05, 3.63) is 71.9 Å². The Morgan fingerprint density at radius 2 is 1.74 bits per heavy atom. The molecule has 0 amide bonds. The molecule has 6 heteroatoms. The van der Waals surface area contributed by atoms with Crippen LogP contribution < -0.4 is 4.74 Å². The SMILES string of the molecule is O=C(BCOc1c(F)cccc1F)c1ccc2ccccc2n1. The van der Waals surface area contributed by atoms with Crippen molar-refractivity contribution < 1.29 is 18.3 Å². The van der Waals surface area contributed by atoms with Gasteiger partial charge in [-0.05, 0) is 24.3 Å². The molecule has 0 aliphatic heterocycles. The third kappa shape index (κ3) is 3.36. The molecule has 0 aliphatic rings. The number of para-hydroxylation sites is 2. The maximum absolute atomic E-state index is 13.4. The quantitative estimate of drug-likeness (QED) is 0.680. The van der Waals surface area contributed by atoms with Crippen LogP contribution >= 0.6 is 0 Å². The van der Waals surface area contributed by atoms with Crippen molar-refractivity contribution in [2.24, 2.45) is 0 Å². The summed E-state index contributed by atoms with van der Waals surface area (Å²) < 4.78 is 31.9. The molecular formula is C17H12BF2NO2. The van der Waals surface area contributed by atoms with Gasteiger partial charge in [-0.1, -0.05) is 30.3 Å². The summed E-state index contributed by atoms with van der Waals surface area (Å²) in [6.45, 7) is -0.120. The zero-order chi connectivity index (χ0) is 16.2. The summed E-state index contributed by atoms with van der Waals surface area (Å²) in [6.07, 6.45) is 0. The van der Waals surface area contributed by atoms with Crippen LogP contribution in [0.1, 0.15) is 10.5 Å². The van der Waals surface area contributed by atoms with Gasteiger partial charge in [0.15, 0.2) is 17.4 Å². The molecular weight excluding hydrogens is 299 g/mol. The van der Waals surface area contributed by atoms with E-state index in [2.05, 4.69) is 4.98 Å². The lowest BCUT2D eigenvalue weighted by Gasteiger charge is -2.07. The predicted octanol–water partition coefficient (Wildman–Crippen LogP) is 3.13. The fraction of sp³-hybridized carbons (Fsp3) is 0.0588. The number of carbonyl (C=O) groups is 1. The van der Waals surface area contributed by atoms with Crippen LogP contribution in [0.15, 0.2) is 54.6 Å². The number of benzene rings is 2. The van der Waals surface area contributed by atoms with E-state index in [0.717, 1.165) is 23.0 Å². The number of aromatic nitrogens is 1. The highest BCUT2D eigenvalue weighted by Crippen LogP contribution is 2.20. The average molecular weight is 311 g/mol. The molecule has 0 spiro atoms. The summed E-state index contributed by atoms with van der Waals surface area (Å²) in [4.78, 5) is 16.4. The number of rotatable bonds is 5. The zero-order valence-corrected chi connectivity index (χ0v) is 12.1. The molecule has 0 saturated carbocycles. The molecule has 2 aromatic carbocycles. The fourth-order valence-corrected chi connectivity index (χ4v) is 2.22. The molecule has 3 aromatic rings. The average Bonchev–Trinajstić information content (AvgIpc) is 2.57. The second-order valence-electron chi connectivity index (χ2n) is 4.96. The minimum Gasteiger partial charge on any atom is -0.496 e. The minimum atomic E-state index is -0.790. The third-order valence-corrected chi connectivity index (χ3v) is 3.38. The molecule has 3 nitrogen and oxygen atoms in total. The Morgan fingerprint density at radius 1 is 1.00 bits per heavy atom. The van der Waals surface area contributed by atoms with E-state index in [1.54, 1.807) is 6.07 Å². The third-order valence-electron chi connectivity index (χ3n) is 3.38. The van der Waals surface area contributed by atoms with Crippen LogP contribution in [0.25, 0.3) is 10.9 Å². The van der Waals surface area contributed by atoms with Gasteiger partial charge in [0.05, 0.1) is 17.7 Å². The van der Waals surface area contributed by atoms with Crippen molar-refractivity contribution in [2.45, 2.75) is 0 Å². The van der Waals surface area contributed by atoms with Crippen LogP contribution in [0.5, 0.6) is 5.75 Å². The van der Waals surface area contributed by atoms with E-state index in [9.17, 15) is 13.6 Å². The number of carbonyl (C=O) groups excluding carboxylic acids is 1. The number of hydrogen-bond acceptors (Lipinski definition) is 3. The van der Waals surface area contributed by atoms with Gasteiger partial charge in [-0.3, -0.25) is 0 Å².